The molecule has 4 nitrogen and oxygen atoms in total. The first-order chi connectivity index (χ1) is 9.08. The van der Waals surface area contributed by atoms with Gasteiger partial charge in [-0.1, -0.05) is 24.9 Å². The van der Waals surface area contributed by atoms with Crippen molar-refractivity contribution < 1.29 is 9.90 Å². The summed E-state index contributed by atoms with van der Waals surface area (Å²) in [5, 5.41) is 13.0. The molecule has 1 aliphatic heterocycles. The van der Waals surface area contributed by atoms with E-state index in [1.807, 2.05) is 6.07 Å². The standard InChI is InChI=1S/C14H19ClN2O2/c1-3-5-6-17(4-2)12-8-11-9(7-10(12)15)13(18)14(19)16-11/h7-8,13,18H,3-6H2,1-2H3,(H,16,19). The van der Waals surface area contributed by atoms with Crippen LogP contribution in [0.5, 0.6) is 0 Å². The number of benzene rings is 1. The smallest absolute Gasteiger partial charge is 0.257 e. The highest BCUT2D eigenvalue weighted by Crippen LogP contribution is 2.38. The van der Waals surface area contributed by atoms with Gasteiger partial charge in [0.1, 0.15) is 0 Å². The Balaban J connectivity index is 2.32. The lowest BCUT2D eigenvalue weighted by Crippen LogP contribution is -2.24. The largest absolute Gasteiger partial charge is 0.378 e. The zero-order chi connectivity index (χ0) is 14.0. The van der Waals surface area contributed by atoms with Crippen LogP contribution in [0.2, 0.25) is 5.02 Å². The van der Waals surface area contributed by atoms with Crippen LogP contribution in [-0.4, -0.2) is 24.1 Å². The number of carbonyl (C=O) groups excluding carboxylic acids is 1. The first-order valence-corrected chi connectivity index (χ1v) is 7.03. The van der Waals surface area contributed by atoms with Gasteiger partial charge in [0.15, 0.2) is 6.10 Å². The number of rotatable bonds is 5. The maximum atomic E-state index is 11.4. The number of unbranched alkanes of at least 4 members (excludes halogenated alkanes) is 1. The van der Waals surface area contributed by atoms with E-state index < -0.39 is 6.10 Å². The fraction of sp³-hybridized carbons (Fsp3) is 0.500. The van der Waals surface area contributed by atoms with Gasteiger partial charge in [-0.05, 0) is 25.5 Å². The van der Waals surface area contributed by atoms with E-state index in [1.54, 1.807) is 6.07 Å². The predicted octanol–water partition coefficient (Wildman–Crippen LogP) is 2.95. The lowest BCUT2D eigenvalue weighted by Gasteiger charge is -2.24. The van der Waals surface area contributed by atoms with Gasteiger partial charge in [-0.3, -0.25) is 4.79 Å². The van der Waals surface area contributed by atoms with E-state index in [9.17, 15) is 9.90 Å². The van der Waals surface area contributed by atoms with Gasteiger partial charge < -0.3 is 15.3 Å². The second-order valence-corrected chi connectivity index (χ2v) is 5.12. The number of nitrogens with one attached hydrogen (secondary N) is 1. The van der Waals surface area contributed by atoms with E-state index in [0.29, 0.717) is 16.3 Å². The molecule has 1 aromatic carbocycles. The van der Waals surface area contributed by atoms with E-state index in [1.165, 1.54) is 0 Å². The summed E-state index contributed by atoms with van der Waals surface area (Å²) in [6.45, 7) is 6.01. The number of hydrogen-bond donors (Lipinski definition) is 2. The Labute approximate surface area is 118 Å². The summed E-state index contributed by atoms with van der Waals surface area (Å²) in [6.07, 6.45) is 1.11. The van der Waals surface area contributed by atoms with Crippen LogP contribution in [0.4, 0.5) is 11.4 Å². The maximum Gasteiger partial charge on any atom is 0.257 e. The number of carbonyl (C=O) groups is 1. The number of nitrogens with zero attached hydrogens (tertiary/aromatic N) is 1. The van der Waals surface area contributed by atoms with Crippen molar-refractivity contribution in [1.82, 2.24) is 0 Å². The number of hydrogen-bond acceptors (Lipinski definition) is 3. The molecule has 1 heterocycles. The molecule has 0 fully saturated rings. The van der Waals surface area contributed by atoms with Crippen LogP contribution in [0.15, 0.2) is 12.1 Å². The summed E-state index contributed by atoms with van der Waals surface area (Å²) >= 11 is 6.28. The highest BCUT2D eigenvalue weighted by molar-refractivity contribution is 6.33. The van der Waals surface area contributed by atoms with Crippen molar-refractivity contribution in [2.45, 2.75) is 32.8 Å². The van der Waals surface area contributed by atoms with Crippen LogP contribution in [0, 0.1) is 0 Å². The molecule has 0 aliphatic carbocycles. The van der Waals surface area contributed by atoms with Crippen molar-refractivity contribution in [2.75, 3.05) is 23.3 Å². The van der Waals surface area contributed by atoms with Crippen molar-refractivity contribution in [2.24, 2.45) is 0 Å². The molecule has 0 bridgehead atoms. The number of halogens is 1. The van der Waals surface area contributed by atoms with Crippen LogP contribution in [0.1, 0.15) is 38.4 Å². The summed E-state index contributed by atoms with van der Waals surface area (Å²) in [6, 6.07) is 3.54. The van der Waals surface area contributed by atoms with Crippen molar-refractivity contribution >= 4 is 28.9 Å². The third-order valence-corrected chi connectivity index (χ3v) is 3.73. The van der Waals surface area contributed by atoms with Crippen molar-refractivity contribution in [3.05, 3.63) is 22.7 Å². The Morgan fingerprint density at radius 2 is 2.16 bits per heavy atom. The van der Waals surface area contributed by atoms with E-state index >= 15 is 0 Å². The normalized spacial score (nSPS) is 17.3. The molecule has 0 spiro atoms. The lowest BCUT2D eigenvalue weighted by molar-refractivity contribution is -0.123. The van der Waals surface area contributed by atoms with Gasteiger partial charge in [-0.2, -0.15) is 0 Å². The van der Waals surface area contributed by atoms with E-state index in [2.05, 4.69) is 24.1 Å². The zero-order valence-corrected chi connectivity index (χ0v) is 12.0. The molecule has 1 aliphatic rings. The number of aliphatic hydroxyl groups is 1. The molecule has 2 N–H and O–H groups in total. The monoisotopic (exact) mass is 282 g/mol. The molecule has 1 atom stereocenters. The Hall–Kier alpha value is -1.26. The number of fused-ring (bicyclic) bond motifs is 1. The average Bonchev–Trinajstić information content (AvgIpc) is 2.66. The zero-order valence-electron chi connectivity index (χ0n) is 11.2. The third-order valence-electron chi connectivity index (χ3n) is 3.42. The first-order valence-electron chi connectivity index (χ1n) is 6.65. The van der Waals surface area contributed by atoms with Crippen molar-refractivity contribution in [3.63, 3.8) is 0 Å². The van der Waals surface area contributed by atoms with Crippen LogP contribution in [0.25, 0.3) is 0 Å². The van der Waals surface area contributed by atoms with Gasteiger partial charge >= 0.3 is 0 Å². The van der Waals surface area contributed by atoms with Gasteiger partial charge in [0, 0.05) is 24.3 Å². The second kappa shape index (κ2) is 5.80. The fourth-order valence-corrected chi connectivity index (χ4v) is 2.59. The minimum absolute atomic E-state index is 0.389. The molecular formula is C14H19ClN2O2. The molecule has 1 amide bonds. The first kappa shape index (κ1) is 14.2. The highest BCUT2D eigenvalue weighted by Gasteiger charge is 2.30. The van der Waals surface area contributed by atoms with E-state index in [0.717, 1.165) is 31.6 Å². The van der Waals surface area contributed by atoms with Gasteiger partial charge in [0.25, 0.3) is 5.91 Å². The molecule has 2 rings (SSSR count). The third kappa shape index (κ3) is 2.69. The Morgan fingerprint density at radius 3 is 2.79 bits per heavy atom. The SMILES string of the molecule is CCCCN(CC)c1cc2c(cc1Cl)C(O)C(=O)N2. The molecule has 1 aromatic rings. The van der Waals surface area contributed by atoms with Gasteiger partial charge in [0.05, 0.1) is 10.7 Å². The topological polar surface area (TPSA) is 52.6 Å². The van der Waals surface area contributed by atoms with Crippen molar-refractivity contribution in [3.8, 4) is 0 Å². The lowest BCUT2D eigenvalue weighted by atomic mass is 10.1. The molecular weight excluding hydrogens is 264 g/mol. The number of amides is 1. The summed E-state index contributed by atoms with van der Waals surface area (Å²) < 4.78 is 0. The van der Waals surface area contributed by atoms with Crippen molar-refractivity contribution in [1.29, 1.82) is 0 Å². The quantitative estimate of drug-likeness (QED) is 0.873. The van der Waals surface area contributed by atoms with Gasteiger partial charge in [-0.15, -0.1) is 0 Å². The molecule has 1 unspecified atom stereocenters. The second-order valence-electron chi connectivity index (χ2n) is 4.72. The summed E-state index contributed by atoms with van der Waals surface area (Å²) in [5.74, 6) is -0.389. The highest BCUT2D eigenvalue weighted by atomic mass is 35.5. The molecule has 104 valence electrons. The molecule has 0 radical (unpaired) electrons. The average molecular weight is 283 g/mol. The Bertz CT molecular complexity index is 491. The Morgan fingerprint density at radius 1 is 1.42 bits per heavy atom. The van der Waals surface area contributed by atoms with Crippen LogP contribution in [0.3, 0.4) is 0 Å². The van der Waals surface area contributed by atoms with Crippen LogP contribution < -0.4 is 10.2 Å². The van der Waals surface area contributed by atoms with Crippen LogP contribution in [-0.2, 0) is 4.79 Å². The van der Waals surface area contributed by atoms with Gasteiger partial charge in [0.2, 0.25) is 0 Å². The van der Waals surface area contributed by atoms with Gasteiger partial charge in [-0.25, -0.2) is 0 Å². The predicted molar refractivity (Wildman–Crippen MR) is 77.8 cm³/mol. The van der Waals surface area contributed by atoms with E-state index in [-0.39, 0.29) is 5.91 Å². The van der Waals surface area contributed by atoms with Crippen LogP contribution >= 0.6 is 11.6 Å². The van der Waals surface area contributed by atoms with E-state index in [4.69, 9.17) is 11.6 Å². The Kier molecular flexibility index (Phi) is 4.32. The minimum Gasteiger partial charge on any atom is -0.378 e. The number of anilines is 2. The summed E-state index contributed by atoms with van der Waals surface area (Å²) in [5.41, 5.74) is 2.13. The molecule has 0 aromatic heterocycles. The molecule has 5 heteroatoms. The summed E-state index contributed by atoms with van der Waals surface area (Å²) in [4.78, 5) is 13.6. The minimum atomic E-state index is -1.10. The summed E-state index contributed by atoms with van der Waals surface area (Å²) in [7, 11) is 0. The molecule has 19 heavy (non-hydrogen) atoms. The molecule has 0 saturated carbocycles. The maximum absolute atomic E-state index is 11.4. The molecule has 0 saturated heterocycles. The fourth-order valence-electron chi connectivity index (χ4n) is 2.29. The number of aliphatic hydroxyl groups excluding tert-OH is 1.